The Labute approximate surface area is 128 Å². The summed E-state index contributed by atoms with van der Waals surface area (Å²) in [6.45, 7) is 2.81. The molecule has 1 atom stereocenters. The first-order valence-corrected chi connectivity index (χ1v) is 7.48. The SMILES string of the molecule is CN(C)CCC(C)(O)C(c1ccccc1)c1ccccc1. The van der Waals surface area contributed by atoms with Crippen LogP contribution in [0.3, 0.4) is 0 Å². The highest BCUT2D eigenvalue weighted by Crippen LogP contribution is 2.36. The van der Waals surface area contributed by atoms with Gasteiger partial charge in [0.05, 0.1) is 5.60 Å². The fourth-order valence-electron chi connectivity index (χ4n) is 2.80. The van der Waals surface area contributed by atoms with Gasteiger partial charge in [0.1, 0.15) is 0 Å². The summed E-state index contributed by atoms with van der Waals surface area (Å²) in [5, 5.41) is 11.1. The van der Waals surface area contributed by atoms with Gasteiger partial charge in [-0.15, -0.1) is 0 Å². The lowest BCUT2D eigenvalue weighted by Gasteiger charge is -2.35. The molecule has 0 saturated heterocycles. The van der Waals surface area contributed by atoms with Crippen molar-refractivity contribution in [3.8, 4) is 0 Å². The summed E-state index contributed by atoms with van der Waals surface area (Å²) in [5.74, 6) is -0.0140. The molecule has 2 rings (SSSR count). The van der Waals surface area contributed by atoms with Crippen LogP contribution in [0, 0.1) is 0 Å². The molecule has 0 saturated carbocycles. The minimum atomic E-state index is -0.785. The second-order valence-corrected chi connectivity index (χ2v) is 6.16. The Bertz CT molecular complexity index is 495. The minimum absolute atomic E-state index is 0.0140. The van der Waals surface area contributed by atoms with Crippen LogP contribution in [-0.2, 0) is 0 Å². The summed E-state index contributed by atoms with van der Waals surface area (Å²) in [4.78, 5) is 2.11. The summed E-state index contributed by atoms with van der Waals surface area (Å²) in [5.41, 5.74) is 1.53. The normalized spacial score (nSPS) is 14.4. The van der Waals surface area contributed by atoms with Gasteiger partial charge in [-0.2, -0.15) is 0 Å². The lowest BCUT2D eigenvalue weighted by atomic mass is 9.76. The van der Waals surface area contributed by atoms with Crippen LogP contribution < -0.4 is 0 Å². The molecule has 2 aromatic carbocycles. The van der Waals surface area contributed by atoms with E-state index in [9.17, 15) is 5.11 Å². The van der Waals surface area contributed by atoms with E-state index in [1.165, 1.54) is 0 Å². The molecule has 2 heteroatoms. The van der Waals surface area contributed by atoms with Gasteiger partial charge in [0.25, 0.3) is 0 Å². The number of nitrogens with zero attached hydrogens (tertiary/aromatic N) is 1. The van der Waals surface area contributed by atoms with E-state index in [1.807, 2.05) is 57.4 Å². The predicted molar refractivity (Wildman–Crippen MR) is 88.5 cm³/mol. The first-order chi connectivity index (χ1) is 10.0. The summed E-state index contributed by atoms with van der Waals surface area (Å²) in [6.07, 6.45) is 0.731. The number of aliphatic hydroxyl groups is 1. The molecule has 21 heavy (non-hydrogen) atoms. The maximum absolute atomic E-state index is 11.1. The zero-order valence-corrected chi connectivity index (χ0v) is 13.2. The molecular formula is C19H25NO. The Morgan fingerprint density at radius 2 is 1.33 bits per heavy atom. The van der Waals surface area contributed by atoms with Crippen LogP contribution in [0.4, 0.5) is 0 Å². The van der Waals surface area contributed by atoms with E-state index in [0.717, 1.165) is 24.1 Å². The monoisotopic (exact) mass is 283 g/mol. The van der Waals surface area contributed by atoms with Gasteiger partial charge in [-0.1, -0.05) is 60.7 Å². The lowest BCUT2D eigenvalue weighted by Crippen LogP contribution is -2.36. The number of rotatable bonds is 6. The highest BCUT2D eigenvalue weighted by molar-refractivity contribution is 5.35. The average Bonchev–Trinajstić information content (AvgIpc) is 2.47. The smallest absolute Gasteiger partial charge is 0.0740 e. The van der Waals surface area contributed by atoms with Crippen molar-refractivity contribution in [3.05, 3.63) is 71.8 Å². The maximum atomic E-state index is 11.1. The Morgan fingerprint density at radius 1 is 0.905 bits per heavy atom. The van der Waals surface area contributed by atoms with Crippen molar-refractivity contribution >= 4 is 0 Å². The summed E-state index contributed by atoms with van der Waals surface area (Å²) in [7, 11) is 4.08. The van der Waals surface area contributed by atoms with Gasteiger partial charge in [0.15, 0.2) is 0 Å². The van der Waals surface area contributed by atoms with Gasteiger partial charge in [-0.3, -0.25) is 0 Å². The highest BCUT2D eigenvalue weighted by Gasteiger charge is 2.34. The first kappa shape index (κ1) is 15.7. The Morgan fingerprint density at radius 3 is 1.71 bits per heavy atom. The van der Waals surface area contributed by atoms with Gasteiger partial charge in [0.2, 0.25) is 0 Å². The van der Waals surface area contributed by atoms with E-state index >= 15 is 0 Å². The largest absolute Gasteiger partial charge is 0.389 e. The van der Waals surface area contributed by atoms with E-state index in [4.69, 9.17) is 0 Å². The Balaban J connectivity index is 2.37. The van der Waals surface area contributed by atoms with Crippen molar-refractivity contribution in [3.63, 3.8) is 0 Å². The van der Waals surface area contributed by atoms with Crippen LogP contribution in [0.2, 0.25) is 0 Å². The standard InChI is InChI=1S/C19H25NO/c1-19(21,14-15-20(2)3)18(16-10-6-4-7-11-16)17-12-8-5-9-13-17/h4-13,18,21H,14-15H2,1-3H3. The third kappa shape index (κ3) is 4.16. The van der Waals surface area contributed by atoms with Gasteiger partial charge >= 0.3 is 0 Å². The molecule has 0 bridgehead atoms. The summed E-state index contributed by atoms with van der Waals surface area (Å²) in [6, 6.07) is 20.6. The number of hydrogen-bond donors (Lipinski definition) is 1. The third-order valence-electron chi connectivity index (χ3n) is 3.95. The van der Waals surface area contributed by atoms with Crippen molar-refractivity contribution in [2.75, 3.05) is 20.6 Å². The molecule has 0 radical (unpaired) electrons. The third-order valence-corrected chi connectivity index (χ3v) is 3.95. The Kier molecular flexibility index (Phi) is 5.16. The molecule has 112 valence electrons. The molecule has 0 aromatic heterocycles. The second-order valence-electron chi connectivity index (χ2n) is 6.16. The van der Waals surface area contributed by atoms with Gasteiger partial charge in [0, 0.05) is 12.5 Å². The van der Waals surface area contributed by atoms with Gasteiger partial charge in [-0.05, 0) is 38.6 Å². The molecule has 0 aliphatic carbocycles. The molecule has 1 N–H and O–H groups in total. The molecule has 1 unspecified atom stereocenters. The fraction of sp³-hybridized carbons (Fsp3) is 0.368. The van der Waals surface area contributed by atoms with E-state index < -0.39 is 5.60 Å². The molecule has 0 aliphatic rings. The molecule has 0 spiro atoms. The zero-order valence-electron chi connectivity index (χ0n) is 13.2. The van der Waals surface area contributed by atoms with Crippen molar-refractivity contribution in [2.24, 2.45) is 0 Å². The van der Waals surface area contributed by atoms with Crippen LogP contribution in [-0.4, -0.2) is 36.2 Å². The predicted octanol–water partition coefficient (Wildman–Crippen LogP) is 3.52. The minimum Gasteiger partial charge on any atom is -0.389 e. The molecule has 0 heterocycles. The van der Waals surface area contributed by atoms with E-state index in [1.54, 1.807) is 0 Å². The van der Waals surface area contributed by atoms with Crippen molar-refractivity contribution in [1.29, 1.82) is 0 Å². The van der Waals surface area contributed by atoms with Crippen molar-refractivity contribution < 1.29 is 5.11 Å². The zero-order chi connectivity index (χ0) is 15.3. The fourth-order valence-corrected chi connectivity index (χ4v) is 2.80. The second kappa shape index (κ2) is 6.88. The van der Waals surface area contributed by atoms with Crippen LogP contribution in [0.25, 0.3) is 0 Å². The first-order valence-electron chi connectivity index (χ1n) is 7.48. The van der Waals surface area contributed by atoms with E-state index in [-0.39, 0.29) is 5.92 Å². The van der Waals surface area contributed by atoms with Crippen molar-refractivity contribution in [1.82, 2.24) is 4.90 Å². The summed E-state index contributed by atoms with van der Waals surface area (Å²) < 4.78 is 0. The molecule has 0 aliphatic heterocycles. The Hall–Kier alpha value is -1.64. The highest BCUT2D eigenvalue weighted by atomic mass is 16.3. The molecule has 2 aromatic rings. The molecule has 2 nitrogen and oxygen atoms in total. The number of benzene rings is 2. The maximum Gasteiger partial charge on any atom is 0.0740 e. The van der Waals surface area contributed by atoms with Crippen LogP contribution >= 0.6 is 0 Å². The average molecular weight is 283 g/mol. The van der Waals surface area contributed by atoms with Crippen LogP contribution in [0.5, 0.6) is 0 Å². The van der Waals surface area contributed by atoms with Gasteiger partial charge < -0.3 is 10.0 Å². The molecule has 0 fully saturated rings. The van der Waals surface area contributed by atoms with E-state index in [2.05, 4.69) is 29.2 Å². The topological polar surface area (TPSA) is 23.5 Å². The molecular weight excluding hydrogens is 258 g/mol. The lowest BCUT2D eigenvalue weighted by molar-refractivity contribution is 0.0277. The number of hydrogen-bond acceptors (Lipinski definition) is 2. The van der Waals surface area contributed by atoms with Crippen molar-refractivity contribution in [2.45, 2.75) is 24.9 Å². The summed E-state index contributed by atoms with van der Waals surface area (Å²) >= 11 is 0. The molecule has 0 amide bonds. The van der Waals surface area contributed by atoms with Crippen LogP contribution in [0.15, 0.2) is 60.7 Å². The van der Waals surface area contributed by atoms with E-state index in [0.29, 0.717) is 0 Å². The van der Waals surface area contributed by atoms with Crippen LogP contribution in [0.1, 0.15) is 30.4 Å². The van der Waals surface area contributed by atoms with Gasteiger partial charge in [-0.25, -0.2) is 0 Å². The quantitative estimate of drug-likeness (QED) is 0.877.